The van der Waals surface area contributed by atoms with Crippen LogP contribution in [0.15, 0.2) is 12.2 Å². The second-order valence-electron chi connectivity index (χ2n) is 10.8. The number of aliphatic carboxylic acids is 1. The zero-order valence-electron chi connectivity index (χ0n) is 23.5. The second-order valence-corrected chi connectivity index (χ2v) is 10.8. The minimum atomic E-state index is -1.26. The van der Waals surface area contributed by atoms with Crippen molar-refractivity contribution in [3.8, 4) is 0 Å². The summed E-state index contributed by atoms with van der Waals surface area (Å²) in [6.07, 6.45) is 12.3. The number of carboxylic acid groups (broad SMARTS) is 1. The van der Waals surface area contributed by atoms with Gasteiger partial charge in [0.2, 0.25) is 11.8 Å². The molecule has 1 aliphatic rings. The molecular weight excluding hydrogens is 474 g/mol. The molecule has 1 heterocycles. The zero-order valence-corrected chi connectivity index (χ0v) is 23.5. The normalized spacial score (nSPS) is 25.0. The van der Waals surface area contributed by atoms with E-state index in [0.717, 1.165) is 44.9 Å². The number of carbonyl (C=O) groups excluding carboxylic acids is 3. The Morgan fingerprint density at radius 3 is 2.43 bits per heavy atom. The van der Waals surface area contributed by atoms with Gasteiger partial charge < -0.3 is 25.4 Å². The number of hydrogen-bond donors (Lipinski definition) is 3. The van der Waals surface area contributed by atoms with Crippen molar-refractivity contribution in [2.45, 2.75) is 116 Å². The molecule has 0 bridgehead atoms. The summed E-state index contributed by atoms with van der Waals surface area (Å²) < 4.78 is 5.75. The Bertz CT molecular complexity index is 752. The standard InChI is InChI=1S/C28H49N3O6/c1-6-7-8-9-13-16-22-17-14-11-10-12-15-21(26(33)31(4)5)19-24(27(34)35)29-25(32)23(18-20(2)3)30-28(36)37-22/h10,12,20-24H,6-9,11,13-19H2,1-5H3,(H,29,32)(H,30,36)(H,34,35)/b12-10-/t21?,22?,23-,24-/m0/s1. The first kappa shape index (κ1) is 32.4. The molecule has 0 aliphatic carbocycles. The zero-order chi connectivity index (χ0) is 27.8. The van der Waals surface area contributed by atoms with Crippen LogP contribution in [0.4, 0.5) is 4.79 Å². The average molecular weight is 524 g/mol. The third-order valence-electron chi connectivity index (χ3n) is 6.63. The molecule has 1 rings (SSSR count). The SMILES string of the molecule is CCCCCCCC1CCC/C=C\CC(C(=O)N(C)C)C[C@@H](C(=O)O)NC(=O)[C@H](CC(C)C)NC(=O)O1. The molecule has 3 amide bonds. The van der Waals surface area contributed by atoms with E-state index in [1.807, 2.05) is 26.0 Å². The van der Waals surface area contributed by atoms with Crippen molar-refractivity contribution in [2.75, 3.05) is 14.1 Å². The first-order valence-corrected chi connectivity index (χ1v) is 13.9. The number of unbranched alkanes of at least 4 members (excludes halogenated alkanes) is 4. The molecule has 0 aromatic carbocycles. The second kappa shape index (κ2) is 17.8. The van der Waals surface area contributed by atoms with E-state index in [4.69, 9.17) is 4.74 Å². The van der Waals surface area contributed by atoms with Gasteiger partial charge in [-0.2, -0.15) is 0 Å². The lowest BCUT2D eigenvalue weighted by atomic mass is 9.94. The predicted molar refractivity (Wildman–Crippen MR) is 144 cm³/mol. The highest BCUT2D eigenvalue weighted by atomic mass is 16.6. The Labute approximate surface area is 222 Å². The van der Waals surface area contributed by atoms with Crippen LogP contribution >= 0.6 is 0 Å². The summed E-state index contributed by atoms with van der Waals surface area (Å²) in [5.74, 6) is -2.50. The van der Waals surface area contributed by atoms with Crippen molar-refractivity contribution in [1.82, 2.24) is 15.5 Å². The molecule has 9 nitrogen and oxygen atoms in total. The van der Waals surface area contributed by atoms with Gasteiger partial charge in [-0.25, -0.2) is 9.59 Å². The van der Waals surface area contributed by atoms with Crippen LogP contribution in [0.5, 0.6) is 0 Å². The third kappa shape index (κ3) is 13.5. The maximum absolute atomic E-state index is 13.1. The maximum atomic E-state index is 13.1. The fourth-order valence-corrected chi connectivity index (χ4v) is 4.55. The Balaban J connectivity index is 3.12. The van der Waals surface area contributed by atoms with Gasteiger partial charge in [0.1, 0.15) is 18.2 Å². The molecule has 0 saturated carbocycles. The summed E-state index contributed by atoms with van der Waals surface area (Å²) in [6.45, 7) is 6.01. The number of allylic oxidation sites excluding steroid dienone is 2. The van der Waals surface area contributed by atoms with E-state index in [-0.39, 0.29) is 24.3 Å². The molecular formula is C28H49N3O6. The lowest BCUT2D eigenvalue weighted by Gasteiger charge is -2.26. The van der Waals surface area contributed by atoms with Crippen LogP contribution < -0.4 is 10.6 Å². The van der Waals surface area contributed by atoms with Gasteiger partial charge in [-0.05, 0) is 57.3 Å². The van der Waals surface area contributed by atoms with E-state index < -0.39 is 36.0 Å². The van der Waals surface area contributed by atoms with Crippen LogP contribution in [0.3, 0.4) is 0 Å². The molecule has 1 aliphatic heterocycles. The first-order chi connectivity index (χ1) is 17.5. The fraction of sp³-hybridized carbons (Fsp3) is 0.786. The summed E-state index contributed by atoms with van der Waals surface area (Å²) in [6, 6.07) is -2.19. The maximum Gasteiger partial charge on any atom is 0.408 e. The highest BCUT2D eigenvalue weighted by Gasteiger charge is 2.32. The largest absolute Gasteiger partial charge is 0.480 e. The van der Waals surface area contributed by atoms with Crippen molar-refractivity contribution >= 4 is 23.9 Å². The van der Waals surface area contributed by atoms with Gasteiger partial charge in [-0.15, -0.1) is 0 Å². The number of amides is 3. The fourth-order valence-electron chi connectivity index (χ4n) is 4.55. The third-order valence-corrected chi connectivity index (χ3v) is 6.63. The Hall–Kier alpha value is -2.58. The van der Waals surface area contributed by atoms with Crippen LogP contribution in [0.1, 0.15) is 97.8 Å². The summed E-state index contributed by atoms with van der Waals surface area (Å²) in [7, 11) is 3.27. The highest BCUT2D eigenvalue weighted by molar-refractivity contribution is 5.89. The summed E-state index contributed by atoms with van der Waals surface area (Å²) in [5, 5.41) is 15.0. The van der Waals surface area contributed by atoms with Crippen molar-refractivity contribution in [1.29, 1.82) is 0 Å². The van der Waals surface area contributed by atoms with Crippen molar-refractivity contribution in [2.24, 2.45) is 11.8 Å². The number of rotatable bonds is 10. The summed E-state index contributed by atoms with van der Waals surface area (Å²) in [5.41, 5.74) is 0. The molecule has 0 spiro atoms. The Morgan fingerprint density at radius 2 is 1.81 bits per heavy atom. The van der Waals surface area contributed by atoms with E-state index in [9.17, 15) is 24.3 Å². The van der Waals surface area contributed by atoms with Crippen LogP contribution in [-0.2, 0) is 19.1 Å². The van der Waals surface area contributed by atoms with E-state index in [2.05, 4.69) is 17.6 Å². The number of cyclic esters (lactones) is 1. The van der Waals surface area contributed by atoms with Crippen LogP contribution in [0, 0.1) is 11.8 Å². The van der Waals surface area contributed by atoms with E-state index in [0.29, 0.717) is 19.3 Å². The molecule has 37 heavy (non-hydrogen) atoms. The van der Waals surface area contributed by atoms with Crippen LogP contribution in [-0.4, -0.2) is 66.2 Å². The molecule has 9 heteroatoms. The lowest BCUT2D eigenvalue weighted by molar-refractivity contribution is -0.143. The molecule has 4 atom stereocenters. The molecule has 0 radical (unpaired) electrons. The van der Waals surface area contributed by atoms with Gasteiger partial charge in [0.25, 0.3) is 0 Å². The molecule has 0 aromatic heterocycles. The van der Waals surface area contributed by atoms with Gasteiger partial charge in [-0.3, -0.25) is 9.59 Å². The number of nitrogens with one attached hydrogen (secondary N) is 2. The van der Waals surface area contributed by atoms with Gasteiger partial charge in [0, 0.05) is 20.0 Å². The molecule has 0 aromatic rings. The van der Waals surface area contributed by atoms with E-state index in [1.165, 1.54) is 11.3 Å². The number of alkyl carbamates (subject to hydrolysis) is 1. The van der Waals surface area contributed by atoms with Gasteiger partial charge in [0.05, 0.1) is 0 Å². The van der Waals surface area contributed by atoms with E-state index >= 15 is 0 Å². The van der Waals surface area contributed by atoms with Crippen molar-refractivity contribution in [3.63, 3.8) is 0 Å². The summed E-state index contributed by atoms with van der Waals surface area (Å²) in [4.78, 5) is 52.1. The smallest absolute Gasteiger partial charge is 0.408 e. The number of nitrogens with zero attached hydrogens (tertiary/aromatic N) is 1. The molecule has 0 saturated heterocycles. The van der Waals surface area contributed by atoms with Crippen LogP contribution in [0.25, 0.3) is 0 Å². The Morgan fingerprint density at radius 1 is 1.11 bits per heavy atom. The van der Waals surface area contributed by atoms with Crippen LogP contribution in [0.2, 0.25) is 0 Å². The van der Waals surface area contributed by atoms with Crippen molar-refractivity contribution in [3.05, 3.63) is 12.2 Å². The average Bonchev–Trinajstić information content (AvgIpc) is 2.82. The molecule has 3 N–H and O–H groups in total. The molecule has 0 fully saturated rings. The van der Waals surface area contributed by atoms with Crippen molar-refractivity contribution < 1.29 is 29.0 Å². The lowest BCUT2D eigenvalue weighted by Crippen LogP contribution is -2.53. The minimum Gasteiger partial charge on any atom is -0.480 e. The predicted octanol–water partition coefficient (Wildman–Crippen LogP) is 4.65. The van der Waals surface area contributed by atoms with Gasteiger partial charge in [-0.1, -0.05) is 58.6 Å². The summed E-state index contributed by atoms with van der Waals surface area (Å²) >= 11 is 0. The minimum absolute atomic E-state index is 0.0403. The quantitative estimate of drug-likeness (QED) is 0.283. The monoisotopic (exact) mass is 523 g/mol. The van der Waals surface area contributed by atoms with Gasteiger partial charge >= 0.3 is 12.1 Å². The number of ether oxygens (including phenoxy) is 1. The Kier molecular flexibility index (Phi) is 15.6. The van der Waals surface area contributed by atoms with Gasteiger partial charge in [0.15, 0.2) is 0 Å². The first-order valence-electron chi connectivity index (χ1n) is 13.9. The van der Waals surface area contributed by atoms with E-state index in [1.54, 1.807) is 14.1 Å². The topological polar surface area (TPSA) is 125 Å². The molecule has 212 valence electrons. The molecule has 2 unspecified atom stereocenters. The highest BCUT2D eigenvalue weighted by Crippen LogP contribution is 2.19. The number of carboxylic acids is 1. The number of carbonyl (C=O) groups is 4. The number of hydrogen-bond acceptors (Lipinski definition) is 5.